The SMILES string of the molecule is CC/C=C\C/C=C\C/C=C\C/C=C\C/C=C\CCCCCC(=O)OC(CCCCCCCCCC)CCCCCC(=O)O. The van der Waals surface area contributed by atoms with E-state index in [1.165, 1.54) is 44.9 Å². The summed E-state index contributed by atoms with van der Waals surface area (Å²) in [7, 11) is 0. The highest BCUT2D eigenvalue weighted by atomic mass is 16.5. The minimum Gasteiger partial charge on any atom is -0.481 e. The molecule has 0 rings (SSSR count). The number of ether oxygens (including phenoxy) is 1. The molecule has 4 nitrogen and oxygen atoms in total. The van der Waals surface area contributed by atoms with Crippen molar-refractivity contribution in [1.29, 1.82) is 0 Å². The van der Waals surface area contributed by atoms with E-state index in [9.17, 15) is 9.59 Å². The lowest BCUT2D eigenvalue weighted by Gasteiger charge is -2.18. The monoisotopic (exact) mass is 598 g/mol. The molecule has 0 bridgehead atoms. The minimum atomic E-state index is -0.733. The van der Waals surface area contributed by atoms with Crippen LogP contribution in [-0.4, -0.2) is 23.1 Å². The topological polar surface area (TPSA) is 63.6 Å². The summed E-state index contributed by atoms with van der Waals surface area (Å²) in [6.07, 6.45) is 46.6. The van der Waals surface area contributed by atoms with Gasteiger partial charge in [0.1, 0.15) is 6.10 Å². The molecule has 4 heteroatoms. The lowest BCUT2D eigenvalue weighted by molar-refractivity contribution is -0.150. The fourth-order valence-electron chi connectivity index (χ4n) is 4.91. The molecule has 1 unspecified atom stereocenters. The zero-order valence-corrected chi connectivity index (χ0v) is 28.0. The van der Waals surface area contributed by atoms with Crippen LogP contribution < -0.4 is 0 Å². The molecule has 0 aliphatic rings. The van der Waals surface area contributed by atoms with Gasteiger partial charge in [-0.15, -0.1) is 0 Å². The molecule has 0 heterocycles. The second kappa shape index (κ2) is 34.1. The molecule has 0 saturated carbocycles. The van der Waals surface area contributed by atoms with Gasteiger partial charge in [0.05, 0.1) is 0 Å². The maximum atomic E-state index is 12.5. The molecule has 0 aromatic rings. The van der Waals surface area contributed by atoms with E-state index in [1.54, 1.807) is 0 Å². The van der Waals surface area contributed by atoms with Crippen molar-refractivity contribution in [3.63, 3.8) is 0 Å². The molecule has 246 valence electrons. The molecular weight excluding hydrogens is 532 g/mol. The highest BCUT2D eigenvalue weighted by molar-refractivity contribution is 5.69. The molecule has 1 atom stereocenters. The Bertz CT molecular complexity index is 774. The van der Waals surface area contributed by atoms with Crippen molar-refractivity contribution in [3.8, 4) is 0 Å². The van der Waals surface area contributed by atoms with Gasteiger partial charge in [0.15, 0.2) is 0 Å². The Morgan fingerprint density at radius 3 is 1.51 bits per heavy atom. The summed E-state index contributed by atoms with van der Waals surface area (Å²) < 4.78 is 5.89. The third kappa shape index (κ3) is 34.0. The van der Waals surface area contributed by atoms with Crippen LogP contribution in [0.4, 0.5) is 0 Å². The Kier molecular flexibility index (Phi) is 32.3. The largest absolute Gasteiger partial charge is 0.481 e. The van der Waals surface area contributed by atoms with Crippen LogP contribution in [0.15, 0.2) is 60.8 Å². The number of unbranched alkanes of at least 4 members (excludes halogenated alkanes) is 12. The Labute approximate surface area is 265 Å². The van der Waals surface area contributed by atoms with Crippen LogP contribution in [0.1, 0.15) is 168 Å². The Hall–Kier alpha value is -2.36. The quantitative estimate of drug-likeness (QED) is 0.0490. The second-order valence-corrected chi connectivity index (χ2v) is 11.7. The predicted octanol–water partition coefficient (Wildman–Crippen LogP) is 12.2. The molecule has 0 aromatic carbocycles. The van der Waals surface area contributed by atoms with Crippen LogP contribution >= 0.6 is 0 Å². The molecule has 0 fully saturated rings. The highest BCUT2D eigenvalue weighted by Gasteiger charge is 2.14. The average molecular weight is 599 g/mol. The van der Waals surface area contributed by atoms with Crippen LogP contribution in [-0.2, 0) is 14.3 Å². The van der Waals surface area contributed by atoms with Crippen LogP contribution in [0.25, 0.3) is 0 Å². The predicted molar refractivity (Wildman–Crippen MR) is 185 cm³/mol. The van der Waals surface area contributed by atoms with Gasteiger partial charge >= 0.3 is 11.9 Å². The van der Waals surface area contributed by atoms with Crippen molar-refractivity contribution in [3.05, 3.63) is 60.8 Å². The molecule has 43 heavy (non-hydrogen) atoms. The van der Waals surface area contributed by atoms with Crippen LogP contribution in [0, 0.1) is 0 Å². The lowest BCUT2D eigenvalue weighted by atomic mass is 10.0. The molecule has 0 radical (unpaired) electrons. The van der Waals surface area contributed by atoms with E-state index in [1.807, 2.05) is 0 Å². The molecule has 0 amide bonds. The zero-order valence-electron chi connectivity index (χ0n) is 28.0. The van der Waals surface area contributed by atoms with Crippen molar-refractivity contribution in [2.45, 2.75) is 174 Å². The van der Waals surface area contributed by atoms with E-state index in [4.69, 9.17) is 9.84 Å². The normalized spacial score (nSPS) is 13.0. The Morgan fingerprint density at radius 2 is 0.977 bits per heavy atom. The fraction of sp³-hybridized carbons (Fsp3) is 0.692. The van der Waals surface area contributed by atoms with Crippen molar-refractivity contribution in [2.24, 2.45) is 0 Å². The number of aliphatic carboxylic acids is 1. The number of carbonyl (C=O) groups is 2. The number of carboxylic acids is 1. The molecule has 0 saturated heterocycles. The summed E-state index contributed by atoms with van der Waals surface area (Å²) in [6.45, 7) is 4.40. The highest BCUT2D eigenvalue weighted by Crippen LogP contribution is 2.18. The van der Waals surface area contributed by atoms with E-state index < -0.39 is 5.97 Å². The van der Waals surface area contributed by atoms with Gasteiger partial charge in [0.25, 0.3) is 0 Å². The van der Waals surface area contributed by atoms with Gasteiger partial charge in [-0.05, 0) is 83.5 Å². The smallest absolute Gasteiger partial charge is 0.306 e. The van der Waals surface area contributed by atoms with Gasteiger partial charge in [-0.25, -0.2) is 0 Å². The third-order valence-electron chi connectivity index (χ3n) is 7.50. The summed E-state index contributed by atoms with van der Waals surface area (Å²) >= 11 is 0. The third-order valence-corrected chi connectivity index (χ3v) is 7.50. The number of hydrogen-bond donors (Lipinski definition) is 1. The molecule has 0 aliphatic heterocycles. The maximum absolute atomic E-state index is 12.5. The van der Waals surface area contributed by atoms with E-state index in [-0.39, 0.29) is 18.5 Å². The molecule has 0 spiro atoms. The van der Waals surface area contributed by atoms with Gasteiger partial charge in [-0.1, -0.05) is 132 Å². The van der Waals surface area contributed by atoms with Crippen LogP contribution in [0.3, 0.4) is 0 Å². The standard InChI is InChI=1S/C39H66O4/c1-3-5-7-9-11-13-14-15-16-17-18-19-20-21-22-23-25-27-32-36-39(42)43-37(34-30-28-31-35-38(40)41)33-29-26-24-12-10-8-6-4-2/h5,7,11,13,15-16,18-19,21-22,37H,3-4,6,8-10,12,14,17,20,23-36H2,1-2H3,(H,40,41)/b7-5-,13-11-,16-15-,19-18-,22-21-. The van der Waals surface area contributed by atoms with Crippen molar-refractivity contribution >= 4 is 11.9 Å². The summed E-state index contributed by atoms with van der Waals surface area (Å²) in [6, 6.07) is 0. The summed E-state index contributed by atoms with van der Waals surface area (Å²) in [4.78, 5) is 23.3. The average Bonchev–Trinajstić information content (AvgIpc) is 2.99. The van der Waals surface area contributed by atoms with Crippen molar-refractivity contribution in [1.82, 2.24) is 0 Å². The summed E-state index contributed by atoms with van der Waals surface area (Å²) in [5.41, 5.74) is 0. The Morgan fingerprint density at radius 1 is 0.535 bits per heavy atom. The maximum Gasteiger partial charge on any atom is 0.306 e. The first-order valence-electron chi connectivity index (χ1n) is 17.8. The minimum absolute atomic E-state index is 0.0151. The number of carbonyl (C=O) groups excluding carboxylic acids is 1. The first-order valence-corrected chi connectivity index (χ1v) is 17.8. The number of carboxylic acid groups (broad SMARTS) is 1. The molecular formula is C39H66O4. The zero-order chi connectivity index (χ0) is 31.5. The number of hydrogen-bond acceptors (Lipinski definition) is 3. The summed E-state index contributed by atoms with van der Waals surface area (Å²) in [5, 5.41) is 8.85. The van der Waals surface area contributed by atoms with Gasteiger partial charge in [-0.2, -0.15) is 0 Å². The number of allylic oxidation sites excluding steroid dienone is 10. The van der Waals surface area contributed by atoms with Gasteiger partial charge in [0.2, 0.25) is 0 Å². The second-order valence-electron chi connectivity index (χ2n) is 11.7. The van der Waals surface area contributed by atoms with Crippen molar-refractivity contribution in [2.75, 3.05) is 0 Å². The van der Waals surface area contributed by atoms with E-state index in [2.05, 4.69) is 74.6 Å². The number of esters is 1. The van der Waals surface area contributed by atoms with Crippen molar-refractivity contribution < 1.29 is 19.4 Å². The number of rotatable bonds is 31. The van der Waals surface area contributed by atoms with E-state index in [0.29, 0.717) is 12.8 Å². The molecule has 0 aliphatic carbocycles. The summed E-state index contributed by atoms with van der Waals surface area (Å²) in [5.74, 6) is -0.798. The van der Waals surface area contributed by atoms with Crippen LogP contribution in [0.5, 0.6) is 0 Å². The molecule has 1 N–H and O–H groups in total. The van der Waals surface area contributed by atoms with Gasteiger partial charge < -0.3 is 9.84 Å². The molecule has 0 aromatic heterocycles. The van der Waals surface area contributed by atoms with Gasteiger partial charge in [0, 0.05) is 12.8 Å². The van der Waals surface area contributed by atoms with E-state index in [0.717, 1.165) is 89.9 Å². The first kappa shape index (κ1) is 40.6. The fourth-order valence-corrected chi connectivity index (χ4v) is 4.91. The van der Waals surface area contributed by atoms with Gasteiger partial charge in [-0.3, -0.25) is 9.59 Å². The Balaban J connectivity index is 4.00. The van der Waals surface area contributed by atoms with Crippen LogP contribution in [0.2, 0.25) is 0 Å². The lowest BCUT2D eigenvalue weighted by Crippen LogP contribution is -2.18. The van der Waals surface area contributed by atoms with E-state index >= 15 is 0 Å². The first-order chi connectivity index (χ1) is 21.1.